The molecule has 0 aromatic heterocycles. The molecule has 0 aliphatic heterocycles. The zero-order chi connectivity index (χ0) is 28.5. The lowest BCUT2D eigenvalue weighted by Gasteiger charge is -2.37. The lowest BCUT2D eigenvalue weighted by Crippen LogP contribution is -2.63. The minimum Gasteiger partial charge on any atom is -0.479 e. The molecular formula is C28H40N2O8. The molecule has 0 saturated heterocycles. The van der Waals surface area contributed by atoms with Gasteiger partial charge in [0.25, 0.3) is 5.91 Å². The van der Waals surface area contributed by atoms with E-state index in [9.17, 15) is 39.3 Å². The van der Waals surface area contributed by atoms with Gasteiger partial charge >= 0.3 is 11.9 Å². The number of unbranched alkanes of at least 4 members (excludes halogenated alkanes) is 1. The maximum atomic E-state index is 13.4. The first-order valence-electron chi connectivity index (χ1n) is 13.3. The Morgan fingerprint density at radius 3 is 2.11 bits per heavy atom. The smallest absolute Gasteiger partial charge is 0.338 e. The fourth-order valence-electron chi connectivity index (χ4n) is 4.96. The van der Waals surface area contributed by atoms with Crippen molar-refractivity contribution in [2.45, 2.75) is 96.2 Å². The molecule has 10 nitrogen and oxygen atoms in total. The lowest BCUT2D eigenvalue weighted by atomic mass is 9.77. The molecule has 2 amide bonds. The summed E-state index contributed by atoms with van der Waals surface area (Å²) in [6.45, 7) is 4.89. The molecule has 38 heavy (non-hydrogen) atoms. The molecule has 1 aliphatic carbocycles. The van der Waals surface area contributed by atoms with Crippen LogP contribution in [0.2, 0.25) is 0 Å². The zero-order valence-electron chi connectivity index (χ0n) is 22.4. The first-order valence-corrected chi connectivity index (χ1v) is 13.3. The average molecular weight is 533 g/mol. The van der Waals surface area contributed by atoms with Gasteiger partial charge in [-0.25, -0.2) is 9.59 Å². The predicted molar refractivity (Wildman–Crippen MR) is 140 cm³/mol. The molecule has 210 valence electrons. The van der Waals surface area contributed by atoms with E-state index in [4.69, 9.17) is 0 Å². The Kier molecular flexibility index (Phi) is 11.4. The van der Waals surface area contributed by atoms with E-state index in [1.54, 1.807) is 0 Å². The van der Waals surface area contributed by atoms with Crippen molar-refractivity contribution in [1.82, 2.24) is 10.6 Å². The predicted octanol–water partition coefficient (Wildman–Crippen LogP) is 3.17. The second-order valence-electron chi connectivity index (χ2n) is 10.4. The number of carboxylic acids is 2. The molecule has 1 saturated carbocycles. The van der Waals surface area contributed by atoms with Crippen LogP contribution >= 0.6 is 0 Å². The topological polar surface area (TPSA) is 170 Å². The molecular weight excluding hydrogens is 492 g/mol. The summed E-state index contributed by atoms with van der Waals surface area (Å²) < 4.78 is 0. The van der Waals surface area contributed by atoms with Gasteiger partial charge in [-0.3, -0.25) is 14.4 Å². The van der Waals surface area contributed by atoms with Crippen molar-refractivity contribution in [2.24, 2.45) is 11.8 Å². The summed E-state index contributed by atoms with van der Waals surface area (Å²) in [6, 6.07) is 3.04. The normalized spacial score (nSPS) is 17.2. The number of aliphatic carboxylic acids is 1. The van der Waals surface area contributed by atoms with Gasteiger partial charge in [0.1, 0.15) is 11.8 Å². The van der Waals surface area contributed by atoms with Crippen molar-refractivity contribution in [2.75, 3.05) is 0 Å². The number of aromatic carboxylic acids is 1. The van der Waals surface area contributed by atoms with E-state index < -0.39 is 47.4 Å². The van der Waals surface area contributed by atoms with E-state index in [1.807, 2.05) is 6.92 Å². The molecule has 1 aromatic carbocycles. The van der Waals surface area contributed by atoms with E-state index in [-0.39, 0.29) is 35.7 Å². The summed E-state index contributed by atoms with van der Waals surface area (Å²) in [5, 5.41) is 35.7. The minimum absolute atomic E-state index is 0.123. The second kappa shape index (κ2) is 14.0. The number of carbonyl (C=O) groups is 5. The number of ketones is 1. The number of benzene rings is 1. The minimum atomic E-state index is -2.42. The van der Waals surface area contributed by atoms with Crippen molar-refractivity contribution in [3.8, 4) is 0 Å². The van der Waals surface area contributed by atoms with E-state index in [1.165, 1.54) is 38.1 Å². The van der Waals surface area contributed by atoms with Gasteiger partial charge in [0.15, 0.2) is 5.60 Å². The summed E-state index contributed by atoms with van der Waals surface area (Å²) >= 11 is 0. The Labute approximate surface area is 223 Å². The highest BCUT2D eigenvalue weighted by Crippen LogP contribution is 2.30. The molecule has 3 atom stereocenters. The number of carbonyl (C=O) groups excluding carboxylic acids is 3. The fourth-order valence-corrected chi connectivity index (χ4v) is 4.96. The molecule has 10 heteroatoms. The summed E-state index contributed by atoms with van der Waals surface area (Å²) in [6.07, 6.45) is 5.26. The third-order valence-corrected chi connectivity index (χ3v) is 7.41. The number of Topliss-reactive ketones (excluding diaryl/α,β-unsaturated/α-hetero) is 1. The molecule has 0 radical (unpaired) electrons. The fraction of sp³-hybridized carbons (Fsp3) is 0.607. The monoisotopic (exact) mass is 532 g/mol. The highest BCUT2D eigenvalue weighted by molar-refractivity contribution is 6.06. The SMILES string of the molecule is CCCC[C@H](NC(=O)c1ccccc1C(=O)O)C(=O)N[C@@H](CC(=O)C1CCCCC1)C(O)(C(=O)O)C(C)C. The number of aliphatic hydroxyl groups is 1. The molecule has 1 aromatic rings. The quantitative estimate of drug-likeness (QED) is 0.243. The summed E-state index contributed by atoms with van der Waals surface area (Å²) in [4.78, 5) is 63.3. The van der Waals surface area contributed by atoms with Crippen LogP contribution in [0.5, 0.6) is 0 Å². The number of rotatable bonds is 14. The Bertz CT molecular complexity index is 1020. The maximum Gasteiger partial charge on any atom is 0.338 e. The van der Waals surface area contributed by atoms with Crippen molar-refractivity contribution in [1.29, 1.82) is 0 Å². The van der Waals surface area contributed by atoms with Crippen LogP contribution in [0.3, 0.4) is 0 Å². The van der Waals surface area contributed by atoms with Gasteiger partial charge in [0.05, 0.1) is 17.2 Å². The van der Waals surface area contributed by atoms with Crippen molar-refractivity contribution in [3.63, 3.8) is 0 Å². The van der Waals surface area contributed by atoms with E-state index in [2.05, 4.69) is 10.6 Å². The van der Waals surface area contributed by atoms with E-state index in [0.717, 1.165) is 19.3 Å². The van der Waals surface area contributed by atoms with Gasteiger partial charge in [0, 0.05) is 12.3 Å². The third kappa shape index (κ3) is 7.63. The molecule has 0 spiro atoms. The number of carboxylic acid groups (broad SMARTS) is 2. The van der Waals surface area contributed by atoms with Crippen LogP contribution in [0.4, 0.5) is 0 Å². The van der Waals surface area contributed by atoms with Crippen LogP contribution in [0, 0.1) is 11.8 Å². The van der Waals surface area contributed by atoms with Crippen molar-refractivity contribution >= 4 is 29.5 Å². The largest absolute Gasteiger partial charge is 0.479 e. The number of amides is 2. The lowest BCUT2D eigenvalue weighted by molar-refractivity contribution is -0.169. The van der Waals surface area contributed by atoms with Gasteiger partial charge in [-0.05, 0) is 37.3 Å². The Balaban J connectivity index is 2.33. The van der Waals surface area contributed by atoms with Crippen LogP contribution in [-0.2, 0) is 14.4 Å². The van der Waals surface area contributed by atoms with Gasteiger partial charge in [-0.15, -0.1) is 0 Å². The van der Waals surface area contributed by atoms with Gasteiger partial charge in [0.2, 0.25) is 5.91 Å². The average Bonchev–Trinajstić information content (AvgIpc) is 2.89. The molecule has 1 unspecified atom stereocenters. The molecule has 1 aliphatic rings. The number of hydrogen-bond donors (Lipinski definition) is 5. The molecule has 1 fully saturated rings. The van der Waals surface area contributed by atoms with Crippen LogP contribution < -0.4 is 10.6 Å². The highest BCUT2D eigenvalue weighted by Gasteiger charge is 2.49. The first kappa shape index (κ1) is 31.0. The zero-order valence-corrected chi connectivity index (χ0v) is 22.4. The Morgan fingerprint density at radius 2 is 1.58 bits per heavy atom. The van der Waals surface area contributed by atoms with Gasteiger partial charge < -0.3 is 26.0 Å². The molecule has 2 rings (SSSR count). The second-order valence-corrected chi connectivity index (χ2v) is 10.4. The number of nitrogens with one attached hydrogen (secondary N) is 2. The van der Waals surface area contributed by atoms with E-state index >= 15 is 0 Å². The first-order chi connectivity index (χ1) is 17.9. The van der Waals surface area contributed by atoms with Crippen LogP contribution in [0.25, 0.3) is 0 Å². The highest BCUT2D eigenvalue weighted by atomic mass is 16.4. The standard InChI is InChI=1S/C28H40N2O8/c1-4-5-15-21(29-24(32)19-13-9-10-14-20(19)26(34)35)25(33)30-23(28(38,17(2)3)27(36)37)16-22(31)18-11-7-6-8-12-18/h9-10,13-14,17-18,21,23,38H,4-8,11-12,15-16H2,1-3H3,(H,29,32)(H,30,33)(H,34,35)(H,36,37)/t21-,23-,28?/m0/s1. The maximum absolute atomic E-state index is 13.4. The Morgan fingerprint density at radius 1 is 0.974 bits per heavy atom. The third-order valence-electron chi connectivity index (χ3n) is 7.41. The van der Waals surface area contributed by atoms with E-state index in [0.29, 0.717) is 25.7 Å². The Hall–Kier alpha value is -3.27. The van der Waals surface area contributed by atoms with Gasteiger partial charge in [-0.2, -0.15) is 0 Å². The molecule has 0 bridgehead atoms. The molecule has 5 N–H and O–H groups in total. The number of hydrogen-bond acceptors (Lipinski definition) is 6. The van der Waals surface area contributed by atoms with Crippen LogP contribution in [0.1, 0.15) is 99.3 Å². The summed E-state index contributed by atoms with van der Waals surface area (Å²) in [5.74, 6) is -5.67. The van der Waals surface area contributed by atoms with Crippen molar-refractivity contribution in [3.05, 3.63) is 35.4 Å². The van der Waals surface area contributed by atoms with Crippen LogP contribution in [0.15, 0.2) is 24.3 Å². The summed E-state index contributed by atoms with van der Waals surface area (Å²) in [5.41, 5.74) is -2.77. The summed E-state index contributed by atoms with van der Waals surface area (Å²) in [7, 11) is 0. The van der Waals surface area contributed by atoms with Gasteiger partial charge in [-0.1, -0.05) is 65.0 Å². The van der Waals surface area contributed by atoms with Crippen LogP contribution in [-0.4, -0.2) is 62.5 Å². The molecule has 0 heterocycles. The van der Waals surface area contributed by atoms with Crippen molar-refractivity contribution < 1.29 is 39.3 Å².